The van der Waals surface area contributed by atoms with Gasteiger partial charge in [0.05, 0.1) is 0 Å². The number of hydrogen-bond acceptors (Lipinski definition) is 4. The third kappa shape index (κ3) is 2.05. The fourth-order valence-corrected chi connectivity index (χ4v) is 6.48. The van der Waals surface area contributed by atoms with Crippen molar-refractivity contribution in [2.24, 2.45) is 5.41 Å². The van der Waals surface area contributed by atoms with Gasteiger partial charge in [-0.3, -0.25) is 19.3 Å². The zero-order chi connectivity index (χ0) is 22.3. The summed E-state index contributed by atoms with van der Waals surface area (Å²) in [4.78, 5) is 44.4. The number of para-hydroxylation sites is 1. The van der Waals surface area contributed by atoms with Crippen LogP contribution in [-0.4, -0.2) is 36.0 Å². The number of carbonyl (C=O) groups excluding carboxylic acids is 3. The van der Waals surface area contributed by atoms with Crippen molar-refractivity contribution in [2.45, 2.75) is 11.5 Å². The highest BCUT2D eigenvalue weighted by Gasteiger charge is 2.78. The molecule has 6 rings (SSSR count). The van der Waals surface area contributed by atoms with Crippen LogP contribution in [0, 0.1) is 5.41 Å². The van der Waals surface area contributed by atoms with Gasteiger partial charge in [0.2, 0.25) is 0 Å². The molecule has 0 bridgehead atoms. The molecule has 1 amide bonds. The molecule has 1 N–H and O–H groups in total. The van der Waals surface area contributed by atoms with Gasteiger partial charge in [-0.15, -0.1) is 0 Å². The van der Waals surface area contributed by atoms with Gasteiger partial charge in [0, 0.05) is 39.3 Å². The number of nitrogens with one attached hydrogen (secondary N) is 1. The molecule has 1 fully saturated rings. The fraction of sp³-hybridized carbons (Fsp3) is 0.192. The zero-order valence-electron chi connectivity index (χ0n) is 17.3. The van der Waals surface area contributed by atoms with Crippen LogP contribution >= 0.6 is 15.9 Å². The number of rotatable bonds is 1. The third-order valence-corrected chi connectivity index (χ3v) is 7.95. The maximum absolute atomic E-state index is 14.3. The number of Topliss-reactive ketones (excluding diaryl/α,β-unsaturated/α-hetero) is 2. The highest BCUT2D eigenvalue weighted by atomic mass is 79.9. The van der Waals surface area contributed by atoms with Crippen molar-refractivity contribution in [2.75, 3.05) is 18.9 Å². The average molecular weight is 487 g/mol. The molecule has 0 saturated carbocycles. The lowest BCUT2D eigenvalue weighted by Crippen LogP contribution is -2.60. The van der Waals surface area contributed by atoms with Crippen molar-refractivity contribution < 1.29 is 14.4 Å². The molecular formula is C26H19BrN2O3. The van der Waals surface area contributed by atoms with Crippen LogP contribution in [0.1, 0.15) is 37.8 Å². The number of benzene rings is 3. The molecule has 2 heterocycles. The lowest BCUT2D eigenvalue weighted by atomic mass is 9.58. The molecule has 3 aromatic carbocycles. The van der Waals surface area contributed by atoms with E-state index in [2.05, 4.69) is 21.2 Å². The van der Waals surface area contributed by atoms with E-state index < -0.39 is 16.9 Å². The number of hydrogen-bond donors (Lipinski definition) is 1. The second-order valence-electron chi connectivity index (χ2n) is 8.71. The lowest BCUT2D eigenvalue weighted by molar-refractivity contribution is -0.128. The molecule has 0 aromatic heterocycles. The summed E-state index contributed by atoms with van der Waals surface area (Å²) >= 11 is 3.47. The van der Waals surface area contributed by atoms with E-state index in [9.17, 15) is 14.4 Å². The smallest absolute Gasteiger partial charge is 0.251 e. The van der Waals surface area contributed by atoms with Gasteiger partial charge in [-0.2, -0.15) is 0 Å². The van der Waals surface area contributed by atoms with E-state index in [0.717, 1.165) is 10.0 Å². The Balaban J connectivity index is 1.72. The SMILES string of the molecule is CN1C[C@H](c2ccc(Br)cc2)C2(C(=O)c3ccccc3C2=O)[C@@]12C(=O)Nc1ccccc12. The number of fused-ring (bicyclic) bond motifs is 4. The maximum Gasteiger partial charge on any atom is 0.251 e. The molecule has 6 heteroatoms. The first-order valence-corrected chi connectivity index (χ1v) is 11.3. The number of anilines is 1. The Labute approximate surface area is 193 Å². The second kappa shape index (κ2) is 6.47. The maximum atomic E-state index is 14.3. The van der Waals surface area contributed by atoms with E-state index in [1.165, 1.54) is 0 Å². The summed E-state index contributed by atoms with van der Waals surface area (Å²) in [6.45, 7) is 0.398. The van der Waals surface area contributed by atoms with Crippen LogP contribution in [0.4, 0.5) is 5.69 Å². The second-order valence-corrected chi connectivity index (χ2v) is 9.62. The number of ketones is 2. The number of likely N-dealkylation sites (N-methyl/N-ethyl adjacent to an activating group) is 1. The van der Waals surface area contributed by atoms with E-state index in [0.29, 0.717) is 28.9 Å². The Morgan fingerprint density at radius 3 is 2.12 bits per heavy atom. The predicted octanol–water partition coefficient (Wildman–Crippen LogP) is 4.39. The van der Waals surface area contributed by atoms with E-state index in [1.807, 2.05) is 60.5 Å². The van der Waals surface area contributed by atoms with E-state index >= 15 is 0 Å². The number of likely N-dealkylation sites (tertiary alicyclic amines) is 1. The Kier molecular flexibility index (Phi) is 3.96. The van der Waals surface area contributed by atoms with Crippen molar-refractivity contribution in [1.29, 1.82) is 0 Å². The molecule has 2 spiro atoms. The van der Waals surface area contributed by atoms with E-state index in [-0.39, 0.29) is 17.5 Å². The zero-order valence-corrected chi connectivity index (χ0v) is 18.8. The summed E-state index contributed by atoms with van der Waals surface area (Å²) in [5.41, 5.74) is -0.0234. The van der Waals surface area contributed by atoms with E-state index in [4.69, 9.17) is 0 Å². The number of amides is 1. The van der Waals surface area contributed by atoms with Gasteiger partial charge in [-0.1, -0.05) is 70.5 Å². The Hall–Kier alpha value is -3.09. The minimum absolute atomic E-state index is 0.276. The topological polar surface area (TPSA) is 66.5 Å². The first-order chi connectivity index (χ1) is 15.4. The summed E-state index contributed by atoms with van der Waals surface area (Å²) in [5, 5.41) is 2.97. The summed E-state index contributed by atoms with van der Waals surface area (Å²) in [6, 6.07) is 22.0. The highest BCUT2D eigenvalue weighted by molar-refractivity contribution is 9.10. The highest BCUT2D eigenvalue weighted by Crippen LogP contribution is 2.66. The molecule has 2 aliphatic heterocycles. The summed E-state index contributed by atoms with van der Waals surface area (Å²) < 4.78 is 0.910. The average Bonchev–Trinajstić information content (AvgIpc) is 3.34. The molecule has 5 nitrogen and oxygen atoms in total. The van der Waals surface area contributed by atoms with Gasteiger partial charge >= 0.3 is 0 Å². The Morgan fingerprint density at radius 1 is 0.875 bits per heavy atom. The van der Waals surface area contributed by atoms with Crippen molar-refractivity contribution in [3.63, 3.8) is 0 Å². The lowest BCUT2D eigenvalue weighted by Gasteiger charge is -2.42. The third-order valence-electron chi connectivity index (χ3n) is 7.42. The number of halogens is 1. The Bertz CT molecular complexity index is 1300. The van der Waals surface area contributed by atoms with Crippen LogP contribution in [0.3, 0.4) is 0 Å². The number of carbonyl (C=O) groups is 3. The van der Waals surface area contributed by atoms with Crippen LogP contribution in [0.25, 0.3) is 0 Å². The van der Waals surface area contributed by atoms with E-state index in [1.54, 1.807) is 24.3 Å². The van der Waals surface area contributed by atoms with Crippen LogP contribution < -0.4 is 5.32 Å². The molecule has 158 valence electrons. The molecular weight excluding hydrogens is 468 g/mol. The number of nitrogens with zero attached hydrogens (tertiary/aromatic N) is 1. The van der Waals surface area contributed by atoms with Gasteiger partial charge < -0.3 is 5.32 Å². The quantitative estimate of drug-likeness (QED) is 0.518. The van der Waals surface area contributed by atoms with Crippen LogP contribution in [0.15, 0.2) is 77.3 Å². The molecule has 0 unspecified atom stereocenters. The molecule has 3 aromatic rings. The van der Waals surface area contributed by atoms with Gasteiger partial charge in [0.15, 0.2) is 11.6 Å². The monoisotopic (exact) mass is 486 g/mol. The first kappa shape index (κ1) is 19.6. The van der Waals surface area contributed by atoms with Crippen molar-refractivity contribution in [3.8, 4) is 0 Å². The Morgan fingerprint density at radius 2 is 1.47 bits per heavy atom. The van der Waals surface area contributed by atoms with Gasteiger partial charge in [-0.25, -0.2) is 0 Å². The molecule has 32 heavy (non-hydrogen) atoms. The molecule has 3 aliphatic rings. The van der Waals surface area contributed by atoms with Crippen molar-refractivity contribution >= 4 is 39.1 Å². The summed E-state index contributed by atoms with van der Waals surface area (Å²) in [5.74, 6) is -1.36. The molecule has 1 aliphatic carbocycles. The summed E-state index contributed by atoms with van der Waals surface area (Å²) in [6.07, 6.45) is 0. The molecule has 1 saturated heterocycles. The molecule has 2 atom stereocenters. The summed E-state index contributed by atoms with van der Waals surface area (Å²) in [7, 11) is 1.84. The van der Waals surface area contributed by atoms with Crippen molar-refractivity contribution in [3.05, 3.63) is 99.5 Å². The predicted molar refractivity (Wildman–Crippen MR) is 124 cm³/mol. The standard InChI is InChI=1S/C26H19BrN2O3/c1-29-14-20(15-10-12-16(27)13-11-15)25(22(30)17-6-2-3-7-18(17)23(25)31)26(29)19-8-4-5-9-21(19)28-24(26)32/h2-13,20H,14H2,1H3,(H,28,32)/t20-,26-/m1/s1. The minimum atomic E-state index is -1.59. The van der Waals surface area contributed by atoms with Gasteiger partial charge in [-0.05, 0) is 30.8 Å². The normalized spacial score (nSPS) is 25.4. The minimum Gasteiger partial charge on any atom is -0.324 e. The first-order valence-electron chi connectivity index (χ1n) is 10.5. The van der Waals surface area contributed by atoms with Crippen LogP contribution in [-0.2, 0) is 10.3 Å². The largest absolute Gasteiger partial charge is 0.324 e. The molecule has 0 radical (unpaired) electrons. The van der Waals surface area contributed by atoms with Gasteiger partial charge in [0.25, 0.3) is 5.91 Å². The van der Waals surface area contributed by atoms with Gasteiger partial charge in [0.1, 0.15) is 11.0 Å². The van der Waals surface area contributed by atoms with Crippen molar-refractivity contribution in [1.82, 2.24) is 4.90 Å². The van der Waals surface area contributed by atoms with Crippen LogP contribution in [0.5, 0.6) is 0 Å². The fourth-order valence-electron chi connectivity index (χ4n) is 6.22. The van der Waals surface area contributed by atoms with Crippen LogP contribution in [0.2, 0.25) is 0 Å².